The Labute approximate surface area is 399 Å². The molecule has 6 heteroatoms. The summed E-state index contributed by atoms with van der Waals surface area (Å²) < 4.78 is 16.9. The second kappa shape index (κ2) is 52.4. The third kappa shape index (κ3) is 51.4. The first kappa shape index (κ1) is 62.4. The maximum Gasteiger partial charge on any atom is 0.306 e. The smallest absolute Gasteiger partial charge is 0.306 e. The highest BCUT2D eigenvalue weighted by Crippen LogP contribution is 2.18. The predicted molar refractivity (Wildman–Crippen MR) is 275 cm³/mol. The summed E-state index contributed by atoms with van der Waals surface area (Å²) in [5, 5.41) is 0. The minimum atomic E-state index is -0.761. The number of hydrogen-bond donors (Lipinski definition) is 0. The lowest BCUT2D eigenvalue weighted by Gasteiger charge is -2.18. The van der Waals surface area contributed by atoms with Crippen molar-refractivity contribution in [1.29, 1.82) is 0 Å². The van der Waals surface area contributed by atoms with Gasteiger partial charge in [-0.05, 0) is 25.2 Å². The lowest BCUT2D eigenvalue weighted by atomic mass is 10.0. The van der Waals surface area contributed by atoms with Crippen LogP contribution in [0.1, 0.15) is 329 Å². The van der Waals surface area contributed by atoms with Crippen molar-refractivity contribution < 1.29 is 28.6 Å². The summed E-state index contributed by atoms with van der Waals surface area (Å²) in [5.74, 6) is 0.00252. The maximum atomic E-state index is 12.8. The first-order valence-electron chi connectivity index (χ1n) is 28.9. The Morgan fingerprint density at radius 1 is 0.297 bits per heavy atom. The fourth-order valence-electron chi connectivity index (χ4n) is 8.92. The van der Waals surface area contributed by atoms with E-state index in [1.54, 1.807) is 0 Å². The van der Waals surface area contributed by atoms with Crippen LogP contribution in [-0.2, 0) is 28.6 Å². The SMILES string of the molecule is CCCCCCCCCCCCCCCCCCCCCC(=O)OC[C@@H](COC(=O)CCCCCCCCCCCCCCCC(C)C)OC(=O)CCCCCCCCCCCCC. The maximum absolute atomic E-state index is 12.8. The Bertz CT molecular complexity index is 964. The predicted octanol–water partition coefficient (Wildman–Crippen LogP) is 19.0. The Hall–Kier alpha value is -1.59. The quantitative estimate of drug-likeness (QED) is 0.0344. The first-order chi connectivity index (χ1) is 31.4. The molecular weight excluding hydrogens is 793 g/mol. The van der Waals surface area contributed by atoms with Crippen LogP contribution in [0.4, 0.5) is 0 Å². The van der Waals surface area contributed by atoms with Gasteiger partial charge in [0.15, 0.2) is 6.10 Å². The van der Waals surface area contributed by atoms with Crippen molar-refractivity contribution >= 4 is 17.9 Å². The monoisotopic (exact) mass is 905 g/mol. The summed E-state index contributed by atoms with van der Waals surface area (Å²) >= 11 is 0. The molecule has 0 saturated carbocycles. The van der Waals surface area contributed by atoms with E-state index in [0.717, 1.165) is 63.7 Å². The second-order valence-electron chi connectivity index (χ2n) is 20.4. The molecule has 0 amide bonds. The normalized spacial score (nSPS) is 12.0. The highest BCUT2D eigenvalue weighted by Gasteiger charge is 2.19. The van der Waals surface area contributed by atoms with Gasteiger partial charge in [-0.25, -0.2) is 0 Å². The van der Waals surface area contributed by atoms with Crippen LogP contribution >= 0.6 is 0 Å². The zero-order chi connectivity index (χ0) is 46.7. The van der Waals surface area contributed by atoms with Crippen molar-refractivity contribution in [2.45, 2.75) is 336 Å². The third-order valence-corrected chi connectivity index (χ3v) is 13.3. The summed E-state index contributed by atoms with van der Waals surface area (Å²) in [5.41, 5.74) is 0. The number of esters is 3. The number of carbonyl (C=O) groups is 3. The van der Waals surface area contributed by atoms with E-state index in [-0.39, 0.29) is 31.1 Å². The van der Waals surface area contributed by atoms with E-state index in [4.69, 9.17) is 14.2 Å². The van der Waals surface area contributed by atoms with Gasteiger partial charge in [-0.2, -0.15) is 0 Å². The summed E-state index contributed by atoms with van der Waals surface area (Å²) in [6, 6.07) is 0. The van der Waals surface area contributed by atoms with E-state index in [9.17, 15) is 14.4 Å². The molecule has 0 saturated heterocycles. The van der Waals surface area contributed by atoms with Gasteiger partial charge >= 0.3 is 17.9 Å². The third-order valence-electron chi connectivity index (χ3n) is 13.3. The number of unbranched alkanes of at least 4 members (excludes halogenated alkanes) is 40. The fraction of sp³-hybridized carbons (Fsp3) is 0.948. The van der Waals surface area contributed by atoms with Gasteiger partial charge in [0, 0.05) is 19.3 Å². The molecule has 0 spiro atoms. The van der Waals surface area contributed by atoms with Crippen molar-refractivity contribution in [3.8, 4) is 0 Å². The van der Waals surface area contributed by atoms with Gasteiger partial charge in [-0.1, -0.05) is 291 Å². The molecule has 64 heavy (non-hydrogen) atoms. The van der Waals surface area contributed by atoms with E-state index >= 15 is 0 Å². The average molecular weight is 906 g/mol. The summed E-state index contributed by atoms with van der Waals surface area (Å²) in [4.78, 5) is 38.1. The molecule has 0 unspecified atom stereocenters. The Morgan fingerprint density at radius 2 is 0.516 bits per heavy atom. The fourth-order valence-corrected chi connectivity index (χ4v) is 8.92. The number of ether oxygens (including phenoxy) is 3. The lowest BCUT2D eigenvalue weighted by molar-refractivity contribution is -0.167. The highest BCUT2D eigenvalue weighted by atomic mass is 16.6. The van der Waals surface area contributed by atoms with E-state index < -0.39 is 6.10 Å². The summed E-state index contributed by atoms with van der Waals surface area (Å²) in [6.45, 7) is 9.05. The van der Waals surface area contributed by atoms with E-state index in [1.807, 2.05) is 0 Å². The first-order valence-corrected chi connectivity index (χ1v) is 28.9. The number of carbonyl (C=O) groups excluding carboxylic acids is 3. The van der Waals surface area contributed by atoms with Crippen LogP contribution in [-0.4, -0.2) is 37.2 Å². The zero-order valence-corrected chi connectivity index (χ0v) is 43.8. The van der Waals surface area contributed by atoms with Crippen LogP contribution in [0.15, 0.2) is 0 Å². The molecule has 0 aromatic rings. The van der Waals surface area contributed by atoms with Crippen molar-refractivity contribution in [2.24, 2.45) is 5.92 Å². The van der Waals surface area contributed by atoms with Crippen LogP contribution in [0.3, 0.4) is 0 Å². The van der Waals surface area contributed by atoms with Crippen LogP contribution in [0.25, 0.3) is 0 Å². The van der Waals surface area contributed by atoms with Gasteiger partial charge < -0.3 is 14.2 Å². The molecule has 0 aromatic heterocycles. The van der Waals surface area contributed by atoms with Crippen molar-refractivity contribution in [1.82, 2.24) is 0 Å². The van der Waals surface area contributed by atoms with E-state index in [1.165, 1.54) is 225 Å². The van der Waals surface area contributed by atoms with E-state index in [0.29, 0.717) is 19.3 Å². The largest absolute Gasteiger partial charge is 0.462 e. The minimum Gasteiger partial charge on any atom is -0.462 e. The molecule has 0 radical (unpaired) electrons. The average Bonchev–Trinajstić information content (AvgIpc) is 3.28. The van der Waals surface area contributed by atoms with Gasteiger partial charge in [0.1, 0.15) is 13.2 Å². The Kier molecular flexibility index (Phi) is 51.1. The van der Waals surface area contributed by atoms with Crippen LogP contribution in [0.2, 0.25) is 0 Å². The Morgan fingerprint density at radius 3 is 0.766 bits per heavy atom. The molecule has 6 nitrogen and oxygen atoms in total. The molecule has 0 aliphatic heterocycles. The molecular formula is C58H112O6. The van der Waals surface area contributed by atoms with Crippen molar-refractivity contribution in [3.05, 3.63) is 0 Å². The number of hydrogen-bond acceptors (Lipinski definition) is 6. The van der Waals surface area contributed by atoms with Gasteiger partial charge in [-0.15, -0.1) is 0 Å². The molecule has 380 valence electrons. The summed E-state index contributed by atoms with van der Waals surface area (Å²) in [7, 11) is 0. The number of rotatable bonds is 53. The molecule has 0 heterocycles. The van der Waals surface area contributed by atoms with Gasteiger partial charge in [0.05, 0.1) is 0 Å². The minimum absolute atomic E-state index is 0.0620. The molecule has 0 rings (SSSR count). The highest BCUT2D eigenvalue weighted by molar-refractivity contribution is 5.71. The second-order valence-corrected chi connectivity index (χ2v) is 20.4. The molecule has 0 N–H and O–H groups in total. The van der Waals surface area contributed by atoms with Crippen LogP contribution < -0.4 is 0 Å². The topological polar surface area (TPSA) is 78.9 Å². The Balaban J connectivity index is 4.23. The molecule has 0 fully saturated rings. The van der Waals surface area contributed by atoms with E-state index in [2.05, 4.69) is 27.7 Å². The van der Waals surface area contributed by atoms with Crippen molar-refractivity contribution in [3.63, 3.8) is 0 Å². The van der Waals surface area contributed by atoms with Crippen molar-refractivity contribution in [2.75, 3.05) is 13.2 Å². The van der Waals surface area contributed by atoms with Gasteiger partial charge in [-0.3, -0.25) is 14.4 Å². The van der Waals surface area contributed by atoms with Gasteiger partial charge in [0.2, 0.25) is 0 Å². The molecule has 0 aliphatic rings. The standard InChI is InChI=1S/C58H112O6/c1-5-7-9-11-13-15-17-18-19-20-21-22-23-26-30-33-37-41-45-49-56(59)62-52-55(64-58(61)51-47-43-39-35-28-16-14-12-10-8-6-2)53-63-57(60)50-46-42-38-34-31-27-24-25-29-32-36-40-44-48-54(3)4/h54-55H,5-53H2,1-4H3/t55-/m0/s1. The van der Waals surface area contributed by atoms with Crippen LogP contribution in [0.5, 0.6) is 0 Å². The molecule has 0 bridgehead atoms. The zero-order valence-electron chi connectivity index (χ0n) is 43.8. The molecule has 0 aromatic carbocycles. The molecule has 0 aliphatic carbocycles. The molecule has 1 atom stereocenters. The van der Waals surface area contributed by atoms with Gasteiger partial charge in [0.25, 0.3) is 0 Å². The summed E-state index contributed by atoms with van der Waals surface area (Å²) in [6.07, 6.45) is 56.7. The van der Waals surface area contributed by atoms with Crippen LogP contribution in [0, 0.1) is 5.92 Å². The lowest BCUT2D eigenvalue weighted by Crippen LogP contribution is -2.30.